The Kier molecular flexibility index (Phi) is 2.46. The van der Waals surface area contributed by atoms with Crippen LogP contribution in [0.15, 0.2) is 0 Å². The van der Waals surface area contributed by atoms with Gasteiger partial charge in [-0.3, -0.25) is 0 Å². The smallest absolute Gasteiger partial charge is 0.0724 e. The molecule has 0 spiro atoms. The molecule has 3 rings (SSSR count). The molecule has 0 aliphatic heterocycles. The van der Waals surface area contributed by atoms with Crippen molar-refractivity contribution >= 4 is 86.2 Å². The molecule has 0 aliphatic carbocycles. The van der Waals surface area contributed by atoms with Crippen LogP contribution in [0.3, 0.4) is 0 Å². The largest absolute Gasteiger partial charge is 0.379 e. The van der Waals surface area contributed by atoms with Gasteiger partial charge in [-0.1, -0.05) is 34.8 Å². The maximum atomic E-state index is 6.06. The van der Waals surface area contributed by atoms with Gasteiger partial charge in [-0.2, -0.15) is 23.2 Å². The van der Waals surface area contributed by atoms with Crippen LogP contribution in [0.25, 0.3) is 16.6 Å². The van der Waals surface area contributed by atoms with Gasteiger partial charge in [0.15, 0.2) is 0 Å². The van der Waals surface area contributed by atoms with Gasteiger partial charge >= 0.3 is 0 Å². The van der Waals surface area contributed by atoms with E-state index < -0.39 is 0 Å². The minimum atomic E-state index is 0.331. The number of hydrogen-bond acceptors (Lipinski definition) is 0. The van der Waals surface area contributed by atoms with Crippen molar-refractivity contribution in [2.75, 3.05) is 0 Å². The summed E-state index contributed by atoms with van der Waals surface area (Å²) in [5.41, 5.74) is 1.62. The standard InChI is InChI=1S/C9Cl6N/c10-1-2(11)8-5(14)6(15)9-4(13)3(12)7(1)16(8)9/q-1. The Balaban J connectivity index is 2.79. The van der Waals surface area contributed by atoms with Crippen LogP contribution in [0.5, 0.6) is 0 Å². The first-order valence-corrected chi connectivity index (χ1v) is 6.32. The number of hydrogen-bond donors (Lipinski definition) is 0. The van der Waals surface area contributed by atoms with Crippen LogP contribution in [0, 0.1) is 0 Å². The molecule has 84 valence electrons. The average molecular weight is 335 g/mol. The van der Waals surface area contributed by atoms with Crippen LogP contribution in [-0.2, 0) is 0 Å². The number of rotatable bonds is 0. The normalized spacial score (nSPS) is 12.4. The average Bonchev–Trinajstić information content (AvgIpc) is 2.73. The molecule has 7 heteroatoms. The molecule has 0 radical (unpaired) electrons. The van der Waals surface area contributed by atoms with E-state index in [0.29, 0.717) is 46.7 Å². The van der Waals surface area contributed by atoms with Crippen molar-refractivity contribution in [1.29, 1.82) is 0 Å². The Labute approximate surface area is 120 Å². The van der Waals surface area contributed by atoms with E-state index in [4.69, 9.17) is 69.6 Å². The fourth-order valence-corrected chi connectivity index (χ4v) is 3.59. The minimum absolute atomic E-state index is 0.331. The molecule has 0 fully saturated rings. The first kappa shape index (κ1) is 11.5. The Bertz CT molecular complexity index is 574. The summed E-state index contributed by atoms with van der Waals surface area (Å²) in [6.07, 6.45) is 0. The van der Waals surface area contributed by atoms with Crippen LogP contribution in [0.1, 0.15) is 0 Å². The Morgan fingerprint density at radius 3 is 1.88 bits per heavy atom. The van der Waals surface area contributed by atoms with E-state index in [9.17, 15) is 0 Å². The highest BCUT2D eigenvalue weighted by molar-refractivity contribution is 6.57. The molecule has 1 nitrogen and oxygen atoms in total. The SMILES string of the molecule is Clc1c(Cl)c2c(Cl)[c-](Cl)c3c(Cl)c(Cl)c1n23. The van der Waals surface area contributed by atoms with Gasteiger partial charge in [0.05, 0.1) is 10.5 Å². The first-order valence-electron chi connectivity index (χ1n) is 4.05. The van der Waals surface area contributed by atoms with Crippen LogP contribution < -0.4 is 0 Å². The fraction of sp³-hybridized carbons (Fsp3) is 0. The van der Waals surface area contributed by atoms with Gasteiger partial charge in [0.25, 0.3) is 0 Å². The lowest BCUT2D eigenvalue weighted by Gasteiger charge is -1.95. The molecule has 3 aromatic heterocycles. The van der Waals surface area contributed by atoms with Crippen molar-refractivity contribution in [3.05, 3.63) is 30.1 Å². The maximum absolute atomic E-state index is 6.06. The second-order valence-electron chi connectivity index (χ2n) is 3.27. The van der Waals surface area contributed by atoms with Crippen molar-refractivity contribution in [2.45, 2.75) is 0 Å². The first-order chi connectivity index (χ1) is 7.46. The summed E-state index contributed by atoms with van der Waals surface area (Å²) in [5.74, 6) is 0. The van der Waals surface area contributed by atoms with Gasteiger partial charge in [-0.15, -0.1) is 11.6 Å². The third kappa shape index (κ3) is 1.10. The van der Waals surface area contributed by atoms with Crippen LogP contribution in [0.2, 0.25) is 30.1 Å². The second-order valence-corrected chi connectivity index (χ2v) is 5.53. The summed E-state index contributed by atoms with van der Waals surface area (Å²) in [4.78, 5) is 0. The van der Waals surface area contributed by atoms with Gasteiger partial charge in [-0.05, 0) is 26.1 Å². The molecule has 0 saturated heterocycles. The van der Waals surface area contributed by atoms with E-state index in [1.54, 1.807) is 4.40 Å². The molecule has 3 heterocycles. The summed E-state index contributed by atoms with van der Waals surface area (Å²) in [7, 11) is 0. The zero-order valence-corrected chi connectivity index (χ0v) is 11.8. The highest BCUT2D eigenvalue weighted by atomic mass is 35.5. The molecule has 0 atom stereocenters. The Hall–Kier alpha value is 0.370. The molecule has 0 bridgehead atoms. The molecule has 0 N–H and O–H groups in total. The van der Waals surface area contributed by atoms with E-state index in [-0.39, 0.29) is 0 Å². The van der Waals surface area contributed by atoms with Gasteiger partial charge in [-0.25, -0.2) is 0 Å². The van der Waals surface area contributed by atoms with Gasteiger partial charge in [0.1, 0.15) is 0 Å². The summed E-state index contributed by atoms with van der Waals surface area (Å²) in [5, 5.41) is 1.98. The number of nitrogens with zero attached hydrogens (tertiary/aromatic N) is 1. The zero-order chi connectivity index (χ0) is 11.8. The van der Waals surface area contributed by atoms with E-state index >= 15 is 0 Å². The lowest BCUT2D eigenvalue weighted by Crippen LogP contribution is -1.71. The lowest BCUT2D eigenvalue weighted by molar-refractivity contribution is 1.39. The fourth-order valence-electron chi connectivity index (χ4n) is 1.84. The van der Waals surface area contributed by atoms with Gasteiger partial charge < -0.3 is 4.40 Å². The Morgan fingerprint density at radius 2 is 1.25 bits per heavy atom. The molecular formula is C9Cl6N-. The summed E-state index contributed by atoms with van der Waals surface area (Å²) < 4.78 is 1.68. The molecular weight excluding hydrogens is 335 g/mol. The molecule has 0 saturated carbocycles. The quantitative estimate of drug-likeness (QED) is 0.433. The summed E-state index contributed by atoms with van der Waals surface area (Å²) in [6, 6.07) is 0. The van der Waals surface area contributed by atoms with E-state index in [0.717, 1.165) is 0 Å². The molecule has 0 aliphatic rings. The number of halogens is 6. The third-order valence-electron chi connectivity index (χ3n) is 2.50. The monoisotopic (exact) mass is 332 g/mol. The maximum Gasteiger partial charge on any atom is 0.0724 e. The Morgan fingerprint density at radius 1 is 0.750 bits per heavy atom. The molecule has 0 aromatic carbocycles. The molecule has 3 aromatic rings. The van der Waals surface area contributed by atoms with Crippen molar-refractivity contribution < 1.29 is 0 Å². The van der Waals surface area contributed by atoms with Crippen molar-refractivity contribution in [3.63, 3.8) is 0 Å². The van der Waals surface area contributed by atoms with E-state index in [2.05, 4.69) is 0 Å². The zero-order valence-electron chi connectivity index (χ0n) is 7.22. The second kappa shape index (κ2) is 3.44. The van der Waals surface area contributed by atoms with Crippen molar-refractivity contribution in [2.24, 2.45) is 0 Å². The van der Waals surface area contributed by atoms with Gasteiger partial charge in [0, 0.05) is 10.0 Å². The highest BCUT2D eigenvalue weighted by Crippen LogP contribution is 2.51. The highest BCUT2D eigenvalue weighted by Gasteiger charge is 2.21. The molecule has 0 amide bonds. The van der Waals surface area contributed by atoms with Crippen LogP contribution in [0.4, 0.5) is 0 Å². The summed E-state index contributed by atoms with van der Waals surface area (Å²) in [6.45, 7) is 0. The third-order valence-corrected chi connectivity index (χ3v) is 4.99. The lowest BCUT2D eigenvalue weighted by atomic mass is 10.5. The topological polar surface area (TPSA) is 4.41 Å². The van der Waals surface area contributed by atoms with Gasteiger partial charge in [0.2, 0.25) is 0 Å². The van der Waals surface area contributed by atoms with Crippen LogP contribution >= 0.6 is 69.6 Å². The molecule has 0 unspecified atom stereocenters. The van der Waals surface area contributed by atoms with Crippen molar-refractivity contribution in [3.8, 4) is 0 Å². The number of aromatic nitrogens is 1. The van der Waals surface area contributed by atoms with E-state index in [1.165, 1.54) is 0 Å². The van der Waals surface area contributed by atoms with E-state index in [1.807, 2.05) is 0 Å². The van der Waals surface area contributed by atoms with Crippen molar-refractivity contribution in [1.82, 2.24) is 4.40 Å². The molecule has 16 heavy (non-hydrogen) atoms. The summed E-state index contributed by atoms with van der Waals surface area (Å²) >= 11 is 36.4. The predicted octanol–water partition coefficient (Wildman–Crippen LogP) is 6.17. The minimum Gasteiger partial charge on any atom is -0.379 e. The van der Waals surface area contributed by atoms with Crippen LogP contribution in [-0.4, -0.2) is 4.40 Å². The predicted molar refractivity (Wildman–Crippen MR) is 71.7 cm³/mol.